The lowest BCUT2D eigenvalue weighted by Crippen LogP contribution is -2.07. The van der Waals surface area contributed by atoms with Crippen LogP contribution < -0.4 is 4.74 Å². The smallest absolute Gasteiger partial charge is 0.168 e. The van der Waals surface area contributed by atoms with E-state index in [1.807, 2.05) is 13.0 Å². The molecular formula is C14H10BrClN4O. The van der Waals surface area contributed by atoms with E-state index in [-0.39, 0.29) is 6.10 Å². The van der Waals surface area contributed by atoms with Gasteiger partial charge in [-0.25, -0.2) is 19.9 Å². The molecule has 2 aromatic heterocycles. The second-order valence-electron chi connectivity index (χ2n) is 4.33. The summed E-state index contributed by atoms with van der Waals surface area (Å²) in [7, 11) is 0. The molecule has 0 amide bonds. The van der Waals surface area contributed by atoms with Crippen LogP contribution >= 0.6 is 27.5 Å². The van der Waals surface area contributed by atoms with Crippen molar-refractivity contribution in [3.63, 3.8) is 0 Å². The molecule has 7 heteroatoms. The Hall–Kier alpha value is -1.79. The molecule has 0 spiro atoms. The molecule has 0 unspecified atom stereocenters. The molecule has 106 valence electrons. The van der Waals surface area contributed by atoms with E-state index in [0.717, 1.165) is 15.4 Å². The van der Waals surface area contributed by atoms with Crippen LogP contribution in [-0.2, 0) is 0 Å². The summed E-state index contributed by atoms with van der Waals surface area (Å²) < 4.78 is 6.69. The average Bonchev–Trinajstić information content (AvgIpc) is 2.50. The second-order valence-corrected chi connectivity index (χ2v) is 5.54. The summed E-state index contributed by atoms with van der Waals surface area (Å²) in [6, 6.07) is 5.41. The summed E-state index contributed by atoms with van der Waals surface area (Å²) in [5.41, 5.74) is 0.748. The zero-order valence-electron chi connectivity index (χ0n) is 11.0. The first-order chi connectivity index (χ1) is 10.1. The van der Waals surface area contributed by atoms with Gasteiger partial charge in [-0.15, -0.1) is 0 Å². The molecule has 0 saturated carbocycles. The van der Waals surface area contributed by atoms with Crippen LogP contribution in [0.1, 0.15) is 18.9 Å². The van der Waals surface area contributed by atoms with Gasteiger partial charge in [0, 0.05) is 17.8 Å². The van der Waals surface area contributed by atoms with Gasteiger partial charge in [0.15, 0.2) is 11.9 Å². The third kappa shape index (κ3) is 2.96. The lowest BCUT2D eigenvalue weighted by molar-refractivity contribution is 0.215. The SMILES string of the molecule is C[C@H](Oc1cc2c(Cl)ncnc2cc1Br)c1ncccn1. The zero-order valence-corrected chi connectivity index (χ0v) is 13.3. The number of rotatable bonds is 3. The minimum absolute atomic E-state index is 0.289. The van der Waals surface area contributed by atoms with Crippen molar-refractivity contribution in [1.82, 2.24) is 19.9 Å². The maximum absolute atomic E-state index is 6.09. The molecule has 21 heavy (non-hydrogen) atoms. The topological polar surface area (TPSA) is 60.8 Å². The van der Waals surface area contributed by atoms with E-state index in [4.69, 9.17) is 16.3 Å². The van der Waals surface area contributed by atoms with Crippen LogP contribution in [0.5, 0.6) is 5.75 Å². The Balaban J connectivity index is 1.97. The van der Waals surface area contributed by atoms with Gasteiger partial charge >= 0.3 is 0 Å². The van der Waals surface area contributed by atoms with Gasteiger partial charge in [0.2, 0.25) is 0 Å². The standard InChI is InChI=1S/C14H10BrClN4O/c1-8(14-17-3-2-4-18-14)21-12-5-9-11(6-10(12)15)19-7-20-13(9)16/h2-8H,1H3/t8-/m0/s1. The normalized spacial score (nSPS) is 12.3. The number of benzene rings is 1. The van der Waals surface area contributed by atoms with Gasteiger partial charge < -0.3 is 4.74 Å². The number of hydrogen-bond acceptors (Lipinski definition) is 5. The molecule has 0 aliphatic rings. The van der Waals surface area contributed by atoms with E-state index in [9.17, 15) is 0 Å². The molecule has 0 aliphatic carbocycles. The van der Waals surface area contributed by atoms with E-state index < -0.39 is 0 Å². The molecule has 3 rings (SSSR count). The predicted molar refractivity (Wildman–Crippen MR) is 83.3 cm³/mol. The highest BCUT2D eigenvalue weighted by Crippen LogP contribution is 2.34. The Morgan fingerprint density at radius 3 is 2.67 bits per heavy atom. The van der Waals surface area contributed by atoms with Crippen molar-refractivity contribution in [2.75, 3.05) is 0 Å². The Morgan fingerprint density at radius 1 is 1.14 bits per heavy atom. The van der Waals surface area contributed by atoms with E-state index in [2.05, 4.69) is 35.9 Å². The van der Waals surface area contributed by atoms with E-state index >= 15 is 0 Å². The molecule has 0 saturated heterocycles. The Morgan fingerprint density at radius 2 is 1.90 bits per heavy atom. The molecular weight excluding hydrogens is 356 g/mol. The largest absolute Gasteiger partial charge is 0.482 e. The number of hydrogen-bond donors (Lipinski definition) is 0. The van der Waals surface area contributed by atoms with Gasteiger partial charge in [0.1, 0.15) is 17.2 Å². The van der Waals surface area contributed by atoms with Crippen LogP contribution in [0, 0.1) is 0 Å². The van der Waals surface area contributed by atoms with Gasteiger partial charge in [-0.05, 0) is 41.1 Å². The molecule has 3 aromatic rings. The first kappa shape index (κ1) is 14.2. The summed E-state index contributed by atoms with van der Waals surface area (Å²) in [6.07, 6.45) is 4.51. The van der Waals surface area contributed by atoms with Crippen LogP contribution in [0.2, 0.25) is 5.15 Å². The van der Waals surface area contributed by atoms with Crippen molar-refractivity contribution < 1.29 is 4.74 Å². The number of fused-ring (bicyclic) bond motifs is 1. The molecule has 0 fully saturated rings. The van der Waals surface area contributed by atoms with Crippen LogP contribution in [0.3, 0.4) is 0 Å². The van der Waals surface area contributed by atoms with Crippen molar-refractivity contribution in [1.29, 1.82) is 0 Å². The van der Waals surface area contributed by atoms with Crippen molar-refractivity contribution in [3.05, 3.63) is 52.4 Å². The average molecular weight is 366 g/mol. The molecule has 0 N–H and O–H groups in total. The summed E-state index contributed by atoms with van der Waals surface area (Å²) in [5, 5.41) is 1.12. The van der Waals surface area contributed by atoms with Gasteiger partial charge in [-0.3, -0.25) is 0 Å². The molecule has 2 heterocycles. The fourth-order valence-corrected chi connectivity index (χ4v) is 2.50. The fraction of sp³-hybridized carbons (Fsp3) is 0.143. The van der Waals surface area contributed by atoms with Gasteiger partial charge in [-0.1, -0.05) is 11.6 Å². The number of aromatic nitrogens is 4. The molecule has 0 bridgehead atoms. The van der Waals surface area contributed by atoms with Gasteiger partial charge in [-0.2, -0.15) is 0 Å². The number of nitrogens with zero attached hydrogens (tertiary/aromatic N) is 4. The van der Waals surface area contributed by atoms with Crippen LogP contribution in [0.4, 0.5) is 0 Å². The van der Waals surface area contributed by atoms with Crippen molar-refractivity contribution >= 4 is 38.4 Å². The lowest BCUT2D eigenvalue weighted by atomic mass is 10.2. The number of halogens is 2. The molecule has 0 radical (unpaired) electrons. The highest BCUT2D eigenvalue weighted by atomic mass is 79.9. The van der Waals surface area contributed by atoms with Crippen LogP contribution in [0.15, 0.2) is 41.4 Å². The Kier molecular flexibility index (Phi) is 3.98. The van der Waals surface area contributed by atoms with Crippen molar-refractivity contribution in [2.24, 2.45) is 0 Å². The molecule has 0 aliphatic heterocycles. The highest BCUT2D eigenvalue weighted by Gasteiger charge is 2.14. The minimum atomic E-state index is -0.289. The monoisotopic (exact) mass is 364 g/mol. The maximum atomic E-state index is 6.09. The quantitative estimate of drug-likeness (QED) is 0.657. The zero-order chi connectivity index (χ0) is 14.8. The predicted octanol–water partition coefficient (Wildman–Crippen LogP) is 3.98. The Labute approximate surface area is 134 Å². The van der Waals surface area contributed by atoms with E-state index in [1.165, 1.54) is 6.33 Å². The summed E-state index contributed by atoms with van der Waals surface area (Å²) >= 11 is 9.56. The first-order valence-corrected chi connectivity index (χ1v) is 7.35. The highest BCUT2D eigenvalue weighted by molar-refractivity contribution is 9.10. The minimum Gasteiger partial charge on any atom is -0.482 e. The summed E-state index contributed by atoms with van der Waals surface area (Å²) in [5.74, 6) is 1.25. The molecule has 5 nitrogen and oxygen atoms in total. The van der Waals surface area contributed by atoms with Gasteiger partial charge in [0.05, 0.1) is 9.99 Å². The van der Waals surface area contributed by atoms with Crippen molar-refractivity contribution in [2.45, 2.75) is 13.0 Å². The maximum Gasteiger partial charge on any atom is 0.168 e. The first-order valence-electron chi connectivity index (χ1n) is 6.18. The molecule has 1 aromatic carbocycles. The van der Waals surface area contributed by atoms with E-state index in [0.29, 0.717) is 16.7 Å². The Bertz CT molecular complexity index is 785. The summed E-state index contributed by atoms with van der Waals surface area (Å²) in [6.45, 7) is 1.88. The molecule has 1 atom stereocenters. The number of ether oxygens (including phenoxy) is 1. The second kappa shape index (κ2) is 5.91. The van der Waals surface area contributed by atoms with Crippen molar-refractivity contribution in [3.8, 4) is 5.75 Å². The lowest BCUT2D eigenvalue weighted by Gasteiger charge is -2.15. The van der Waals surface area contributed by atoms with Crippen LogP contribution in [0.25, 0.3) is 10.9 Å². The third-order valence-electron chi connectivity index (χ3n) is 2.89. The van der Waals surface area contributed by atoms with E-state index in [1.54, 1.807) is 24.5 Å². The van der Waals surface area contributed by atoms with Crippen LogP contribution in [-0.4, -0.2) is 19.9 Å². The summed E-state index contributed by atoms with van der Waals surface area (Å²) in [4.78, 5) is 16.5. The fourth-order valence-electron chi connectivity index (χ4n) is 1.88. The van der Waals surface area contributed by atoms with Gasteiger partial charge in [0.25, 0.3) is 0 Å². The third-order valence-corrected chi connectivity index (χ3v) is 3.81.